The number of carbonyl (C=O) groups is 1. The highest BCUT2D eigenvalue weighted by atomic mass is 16.1. The first kappa shape index (κ1) is 37.4. The molecule has 0 atom stereocenters. The van der Waals surface area contributed by atoms with Crippen molar-refractivity contribution in [2.24, 2.45) is 0 Å². The fourth-order valence-corrected chi connectivity index (χ4v) is 3.21. The van der Waals surface area contributed by atoms with Gasteiger partial charge in [0.1, 0.15) is 0 Å². The molecule has 186 valence electrons. The van der Waals surface area contributed by atoms with Crippen LogP contribution in [-0.2, 0) is 4.79 Å². The zero-order chi connectivity index (χ0) is 26.1. The molecule has 0 aromatic rings. The number of ketones is 1. The van der Waals surface area contributed by atoms with Gasteiger partial charge in [0.25, 0.3) is 0 Å². The summed E-state index contributed by atoms with van der Waals surface area (Å²) in [6, 6.07) is 0. The number of carbonyl (C=O) groups excluding carboxylic acids is 1. The third-order valence-corrected chi connectivity index (χ3v) is 4.78. The molecule has 0 amide bonds. The van der Waals surface area contributed by atoms with Crippen molar-refractivity contribution in [2.75, 3.05) is 0 Å². The average Bonchev–Trinajstić information content (AvgIpc) is 2.89. The van der Waals surface area contributed by atoms with E-state index in [0.717, 1.165) is 54.4 Å². The Hall–Kier alpha value is -1.89. The molecule has 0 N–H and O–H groups in total. The van der Waals surface area contributed by atoms with E-state index in [9.17, 15) is 4.79 Å². The van der Waals surface area contributed by atoms with Crippen molar-refractivity contribution in [3.05, 3.63) is 70.9 Å². The van der Waals surface area contributed by atoms with Crippen LogP contribution in [0.4, 0.5) is 0 Å². The van der Waals surface area contributed by atoms with Crippen LogP contribution in [0.1, 0.15) is 122 Å². The van der Waals surface area contributed by atoms with Crippen molar-refractivity contribution in [1.29, 1.82) is 0 Å². The summed E-state index contributed by atoms with van der Waals surface area (Å²) in [5.41, 5.74) is 6.29. The Kier molecular flexibility index (Phi) is 31.7. The molecular formula is C31H56O. The van der Waals surface area contributed by atoms with E-state index >= 15 is 0 Å². The van der Waals surface area contributed by atoms with E-state index in [0.29, 0.717) is 0 Å². The van der Waals surface area contributed by atoms with Crippen LogP contribution in [0.2, 0.25) is 0 Å². The minimum Gasteiger partial charge on any atom is -0.289 e. The van der Waals surface area contributed by atoms with Crippen molar-refractivity contribution < 1.29 is 4.79 Å². The maximum atomic E-state index is 13.1. The van der Waals surface area contributed by atoms with Crippen LogP contribution in [0.5, 0.6) is 0 Å². The normalized spacial score (nSPS) is 13.6. The van der Waals surface area contributed by atoms with Gasteiger partial charge in [-0.25, -0.2) is 0 Å². The quantitative estimate of drug-likeness (QED) is 0.269. The third kappa shape index (κ3) is 13.5. The van der Waals surface area contributed by atoms with E-state index in [1.165, 1.54) is 17.6 Å². The van der Waals surface area contributed by atoms with Crippen molar-refractivity contribution in [2.45, 2.75) is 122 Å². The van der Waals surface area contributed by atoms with Gasteiger partial charge in [-0.05, 0) is 75.2 Å². The molecule has 1 nitrogen and oxygen atoms in total. The van der Waals surface area contributed by atoms with Gasteiger partial charge in [-0.1, -0.05) is 106 Å². The van der Waals surface area contributed by atoms with Gasteiger partial charge in [0.05, 0.1) is 0 Å². The number of allylic oxidation sites excluding steroid dienone is 10. The standard InChI is InChI=1S/C23H32O.4C2H6/c1-7-17(6)19(9-3)16-20(10-4)23(24)21(11-5)22-15-13-12-14-18(22)8-2;4*1-2/h8,10-11,16H,2,6-7,9,12-15H2,1,3-5H3;4*1-2H3/b19-16-,20-10+,21-11+;;;;. The first-order valence-corrected chi connectivity index (χ1v) is 13.1. The fourth-order valence-electron chi connectivity index (χ4n) is 3.21. The molecule has 0 fully saturated rings. The zero-order valence-electron chi connectivity index (χ0n) is 23.9. The minimum atomic E-state index is 0.117. The SMILES string of the molecule is C=CC1=C(/C(=C\C)C(=O)C(/C=C(/CC)C(=C)CC)=C/C)CCCC1.CC.CC.CC.CC. The first-order chi connectivity index (χ1) is 15.5. The van der Waals surface area contributed by atoms with Crippen LogP contribution in [-0.4, -0.2) is 5.78 Å². The molecular weight excluding hydrogens is 388 g/mol. The number of hydrogen-bond donors (Lipinski definition) is 0. The first-order valence-electron chi connectivity index (χ1n) is 13.1. The van der Waals surface area contributed by atoms with Gasteiger partial charge in [-0.15, -0.1) is 0 Å². The van der Waals surface area contributed by atoms with Crippen LogP contribution < -0.4 is 0 Å². The smallest absolute Gasteiger partial charge is 0.192 e. The summed E-state index contributed by atoms with van der Waals surface area (Å²) >= 11 is 0. The Morgan fingerprint density at radius 3 is 1.72 bits per heavy atom. The molecule has 0 saturated carbocycles. The molecule has 0 unspecified atom stereocenters. The van der Waals surface area contributed by atoms with Gasteiger partial charge in [-0.2, -0.15) is 0 Å². The molecule has 1 aliphatic rings. The van der Waals surface area contributed by atoms with E-state index in [-0.39, 0.29) is 5.78 Å². The Bertz CT molecular complexity index is 621. The maximum absolute atomic E-state index is 13.1. The molecule has 32 heavy (non-hydrogen) atoms. The fraction of sp³-hybridized carbons (Fsp3) is 0.581. The molecule has 0 aromatic heterocycles. The van der Waals surface area contributed by atoms with Crippen LogP contribution in [0.3, 0.4) is 0 Å². The lowest BCUT2D eigenvalue weighted by molar-refractivity contribution is -0.111. The third-order valence-electron chi connectivity index (χ3n) is 4.78. The van der Waals surface area contributed by atoms with Crippen LogP contribution in [0.15, 0.2) is 70.9 Å². The van der Waals surface area contributed by atoms with Crippen LogP contribution in [0, 0.1) is 0 Å². The van der Waals surface area contributed by atoms with Gasteiger partial charge in [0.2, 0.25) is 0 Å². The Labute approximate surface area is 203 Å². The molecule has 0 aliphatic heterocycles. The molecule has 1 rings (SSSR count). The molecule has 0 spiro atoms. The van der Waals surface area contributed by atoms with E-state index in [1.807, 2.05) is 93.5 Å². The summed E-state index contributed by atoms with van der Waals surface area (Å²) in [5.74, 6) is 0.117. The van der Waals surface area contributed by atoms with Crippen molar-refractivity contribution in [1.82, 2.24) is 0 Å². The van der Waals surface area contributed by atoms with Crippen LogP contribution >= 0.6 is 0 Å². The Balaban J connectivity index is -0.000000439. The molecule has 0 aromatic carbocycles. The maximum Gasteiger partial charge on any atom is 0.192 e. The average molecular weight is 445 g/mol. The van der Waals surface area contributed by atoms with Gasteiger partial charge in [0.15, 0.2) is 5.78 Å². The summed E-state index contributed by atoms with van der Waals surface area (Å²) in [5, 5.41) is 0. The van der Waals surface area contributed by atoms with E-state index in [2.05, 4.69) is 27.0 Å². The number of Topliss-reactive ketones (excluding diaryl/α,β-unsaturated/α-hetero) is 1. The lowest BCUT2D eigenvalue weighted by Gasteiger charge is -2.20. The highest BCUT2D eigenvalue weighted by Gasteiger charge is 2.21. The Morgan fingerprint density at radius 2 is 1.34 bits per heavy atom. The summed E-state index contributed by atoms with van der Waals surface area (Å²) in [6.45, 7) is 32.2. The van der Waals surface area contributed by atoms with Crippen LogP contribution in [0.25, 0.3) is 0 Å². The number of rotatable bonds is 8. The van der Waals surface area contributed by atoms with E-state index < -0.39 is 0 Å². The summed E-state index contributed by atoms with van der Waals surface area (Å²) in [6.07, 6.45) is 13.9. The molecule has 0 bridgehead atoms. The lowest BCUT2D eigenvalue weighted by atomic mass is 9.83. The van der Waals surface area contributed by atoms with E-state index in [1.54, 1.807) is 0 Å². The molecule has 1 aliphatic carbocycles. The predicted molar refractivity (Wildman–Crippen MR) is 151 cm³/mol. The second kappa shape index (κ2) is 27.1. The van der Waals surface area contributed by atoms with Crippen molar-refractivity contribution >= 4 is 5.78 Å². The monoisotopic (exact) mass is 444 g/mol. The van der Waals surface area contributed by atoms with E-state index in [4.69, 9.17) is 0 Å². The zero-order valence-corrected chi connectivity index (χ0v) is 23.9. The summed E-state index contributed by atoms with van der Waals surface area (Å²) in [4.78, 5) is 13.1. The molecule has 0 heterocycles. The molecule has 1 heteroatoms. The second-order valence-electron chi connectivity index (χ2n) is 6.17. The summed E-state index contributed by atoms with van der Waals surface area (Å²) < 4.78 is 0. The van der Waals surface area contributed by atoms with Gasteiger partial charge in [-0.3, -0.25) is 4.79 Å². The Morgan fingerprint density at radius 1 is 0.844 bits per heavy atom. The highest BCUT2D eigenvalue weighted by Crippen LogP contribution is 2.32. The van der Waals surface area contributed by atoms with Gasteiger partial charge < -0.3 is 0 Å². The van der Waals surface area contributed by atoms with Crippen molar-refractivity contribution in [3.63, 3.8) is 0 Å². The van der Waals surface area contributed by atoms with Gasteiger partial charge in [0, 0.05) is 11.1 Å². The number of hydrogen-bond acceptors (Lipinski definition) is 1. The lowest BCUT2D eigenvalue weighted by Crippen LogP contribution is -2.11. The predicted octanol–water partition coefficient (Wildman–Crippen LogP) is 10.9. The topological polar surface area (TPSA) is 17.1 Å². The highest BCUT2D eigenvalue weighted by molar-refractivity contribution is 6.13. The summed E-state index contributed by atoms with van der Waals surface area (Å²) in [7, 11) is 0. The minimum absolute atomic E-state index is 0.117. The molecule has 0 radical (unpaired) electrons. The molecule has 0 saturated heterocycles. The second-order valence-corrected chi connectivity index (χ2v) is 6.17. The van der Waals surface area contributed by atoms with Gasteiger partial charge >= 0.3 is 0 Å². The largest absolute Gasteiger partial charge is 0.289 e. The van der Waals surface area contributed by atoms with Crippen molar-refractivity contribution in [3.8, 4) is 0 Å².